The van der Waals surface area contributed by atoms with Gasteiger partial charge in [-0.3, -0.25) is 0 Å². The van der Waals surface area contributed by atoms with Gasteiger partial charge in [0.15, 0.2) is 5.82 Å². The predicted octanol–water partition coefficient (Wildman–Crippen LogP) is 1.51. The second-order valence-corrected chi connectivity index (χ2v) is 5.38. The lowest BCUT2D eigenvalue weighted by molar-refractivity contribution is 0.0773. The van der Waals surface area contributed by atoms with Gasteiger partial charge in [0.1, 0.15) is 0 Å². The SMILES string of the molecule is C1CNCC(Cc2nc(C3CCCOC3)no2)C1. The molecular formula is C13H21N3O2. The largest absolute Gasteiger partial charge is 0.381 e. The van der Waals surface area contributed by atoms with Gasteiger partial charge in [-0.1, -0.05) is 5.16 Å². The molecule has 18 heavy (non-hydrogen) atoms. The Kier molecular flexibility index (Phi) is 3.90. The number of piperidine rings is 1. The zero-order chi connectivity index (χ0) is 12.2. The lowest BCUT2D eigenvalue weighted by Gasteiger charge is -2.21. The molecule has 2 fully saturated rings. The third-order valence-electron chi connectivity index (χ3n) is 3.87. The number of ether oxygens (including phenoxy) is 1. The third-order valence-corrected chi connectivity index (χ3v) is 3.87. The Bertz CT molecular complexity index is 368. The Hall–Kier alpha value is -0.940. The molecule has 0 radical (unpaired) electrons. The summed E-state index contributed by atoms with van der Waals surface area (Å²) in [6.07, 6.45) is 5.64. The summed E-state index contributed by atoms with van der Waals surface area (Å²) in [6, 6.07) is 0. The van der Waals surface area contributed by atoms with Crippen molar-refractivity contribution in [2.75, 3.05) is 26.3 Å². The normalized spacial score (nSPS) is 29.3. The van der Waals surface area contributed by atoms with Gasteiger partial charge < -0.3 is 14.6 Å². The van der Waals surface area contributed by atoms with Gasteiger partial charge in [0, 0.05) is 18.9 Å². The molecule has 0 bridgehead atoms. The van der Waals surface area contributed by atoms with Crippen molar-refractivity contribution in [2.45, 2.75) is 38.0 Å². The van der Waals surface area contributed by atoms with E-state index in [9.17, 15) is 0 Å². The van der Waals surface area contributed by atoms with Crippen molar-refractivity contribution in [1.82, 2.24) is 15.5 Å². The van der Waals surface area contributed by atoms with Gasteiger partial charge >= 0.3 is 0 Å². The molecule has 0 amide bonds. The van der Waals surface area contributed by atoms with Crippen LogP contribution in [0.1, 0.15) is 43.3 Å². The van der Waals surface area contributed by atoms with Crippen LogP contribution in [0.4, 0.5) is 0 Å². The van der Waals surface area contributed by atoms with E-state index in [0.717, 1.165) is 57.3 Å². The Labute approximate surface area is 107 Å². The number of nitrogens with one attached hydrogen (secondary N) is 1. The quantitative estimate of drug-likeness (QED) is 0.882. The maximum atomic E-state index is 5.46. The minimum absolute atomic E-state index is 0.334. The number of hydrogen-bond acceptors (Lipinski definition) is 5. The van der Waals surface area contributed by atoms with Crippen molar-refractivity contribution in [3.63, 3.8) is 0 Å². The van der Waals surface area contributed by atoms with Crippen LogP contribution in [-0.4, -0.2) is 36.4 Å². The summed E-state index contributed by atoms with van der Waals surface area (Å²) < 4.78 is 10.8. The fourth-order valence-electron chi connectivity index (χ4n) is 2.81. The molecule has 1 aromatic heterocycles. The number of nitrogens with zero attached hydrogens (tertiary/aromatic N) is 2. The van der Waals surface area contributed by atoms with E-state index in [4.69, 9.17) is 9.26 Å². The first-order chi connectivity index (χ1) is 8.92. The first-order valence-electron chi connectivity index (χ1n) is 7.03. The van der Waals surface area contributed by atoms with E-state index in [1.165, 1.54) is 12.8 Å². The van der Waals surface area contributed by atoms with Crippen LogP contribution in [0.2, 0.25) is 0 Å². The number of aromatic nitrogens is 2. The summed E-state index contributed by atoms with van der Waals surface area (Å²) in [5.74, 6) is 2.62. The average molecular weight is 251 g/mol. The Morgan fingerprint density at radius 1 is 1.28 bits per heavy atom. The summed E-state index contributed by atoms with van der Waals surface area (Å²) >= 11 is 0. The third kappa shape index (κ3) is 2.90. The monoisotopic (exact) mass is 251 g/mol. The van der Waals surface area contributed by atoms with Crippen molar-refractivity contribution >= 4 is 0 Å². The van der Waals surface area contributed by atoms with Gasteiger partial charge in [-0.25, -0.2) is 0 Å². The zero-order valence-corrected chi connectivity index (χ0v) is 10.7. The molecule has 2 aliphatic rings. The molecule has 0 saturated carbocycles. The molecule has 2 atom stereocenters. The van der Waals surface area contributed by atoms with Gasteiger partial charge in [-0.15, -0.1) is 0 Å². The van der Waals surface area contributed by atoms with Crippen LogP contribution in [0.15, 0.2) is 4.52 Å². The second kappa shape index (κ2) is 5.80. The highest BCUT2D eigenvalue weighted by molar-refractivity contribution is 4.97. The van der Waals surface area contributed by atoms with Crippen LogP contribution in [0.5, 0.6) is 0 Å². The molecule has 0 spiro atoms. The van der Waals surface area contributed by atoms with Crippen LogP contribution in [0.3, 0.4) is 0 Å². The van der Waals surface area contributed by atoms with Crippen molar-refractivity contribution < 1.29 is 9.26 Å². The van der Waals surface area contributed by atoms with Gasteiger partial charge in [0.25, 0.3) is 0 Å². The fourth-order valence-corrected chi connectivity index (χ4v) is 2.81. The molecule has 3 heterocycles. The minimum atomic E-state index is 0.334. The van der Waals surface area contributed by atoms with Gasteiger partial charge in [-0.05, 0) is 44.7 Å². The minimum Gasteiger partial charge on any atom is -0.381 e. The van der Waals surface area contributed by atoms with Crippen LogP contribution < -0.4 is 5.32 Å². The Balaban J connectivity index is 1.58. The molecule has 0 aliphatic carbocycles. The van der Waals surface area contributed by atoms with E-state index >= 15 is 0 Å². The van der Waals surface area contributed by atoms with E-state index < -0.39 is 0 Å². The molecule has 2 unspecified atom stereocenters. The molecule has 1 N–H and O–H groups in total. The molecule has 1 aromatic rings. The molecule has 0 aromatic carbocycles. The van der Waals surface area contributed by atoms with E-state index in [1.54, 1.807) is 0 Å². The van der Waals surface area contributed by atoms with Crippen molar-refractivity contribution in [1.29, 1.82) is 0 Å². The van der Waals surface area contributed by atoms with Crippen LogP contribution in [0.25, 0.3) is 0 Å². The molecule has 5 heteroatoms. The highest BCUT2D eigenvalue weighted by Crippen LogP contribution is 2.24. The molecule has 2 aliphatic heterocycles. The Morgan fingerprint density at radius 3 is 3.06 bits per heavy atom. The molecule has 5 nitrogen and oxygen atoms in total. The Morgan fingerprint density at radius 2 is 2.28 bits per heavy atom. The standard InChI is InChI=1S/C13H21N3O2/c1-3-10(8-14-5-1)7-12-15-13(16-18-12)11-4-2-6-17-9-11/h10-11,14H,1-9H2. The highest BCUT2D eigenvalue weighted by atomic mass is 16.5. The first kappa shape index (κ1) is 12.1. The number of rotatable bonds is 3. The molecule has 3 rings (SSSR count). The van der Waals surface area contributed by atoms with Crippen LogP contribution in [0, 0.1) is 5.92 Å². The summed E-state index contributed by atoms with van der Waals surface area (Å²) in [7, 11) is 0. The fraction of sp³-hybridized carbons (Fsp3) is 0.846. The van der Waals surface area contributed by atoms with Gasteiger partial charge in [0.2, 0.25) is 5.89 Å². The highest BCUT2D eigenvalue weighted by Gasteiger charge is 2.23. The van der Waals surface area contributed by atoms with Crippen LogP contribution >= 0.6 is 0 Å². The summed E-state index contributed by atoms with van der Waals surface area (Å²) in [5.41, 5.74) is 0. The number of hydrogen-bond donors (Lipinski definition) is 1. The molecular weight excluding hydrogens is 230 g/mol. The average Bonchev–Trinajstić information content (AvgIpc) is 2.89. The summed E-state index contributed by atoms with van der Waals surface area (Å²) in [6.45, 7) is 3.83. The van der Waals surface area contributed by atoms with E-state index in [2.05, 4.69) is 15.5 Å². The zero-order valence-electron chi connectivity index (χ0n) is 10.7. The predicted molar refractivity (Wildman–Crippen MR) is 66.4 cm³/mol. The lowest BCUT2D eigenvalue weighted by atomic mass is 9.96. The first-order valence-corrected chi connectivity index (χ1v) is 7.03. The smallest absolute Gasteiger partial charge is 0.226 e. The van der Waals surface area contributed by atoms with Crippen molar-refractivity contribution in [3.8, 4) is 0 Å². The maximum Gasteiger partial charge on any atom is 0.226 e. The van der Waals surface area contributed by atoms with Crippen LogP contribution in [-0.2, 0) is 11.2 Å². The summed E-state index contributed by atoms with van der Waals surface area (Å²) in [4.78, 5) is 4.54. The lowest BCUT2D eigenvalue weighted by Crippen LogP contribution is -2.30. The summed E-state index contributed by atoms with van der Waals surface area (Å²) in [5, 5.41) is 7.53. The van der Waals surface area contributed by atoms with E-state index in [0.29, 0.717) is 11.8 Å². The van der Waals surface area contributed by atoms with E-state index in [1.807, 2.05) is 0 Å². The topological polar surface area (TPSA) is 60.2 Å². The van der Waals surface area contributed by atoms with Crippen molar-refractivity contribution in [3.05, 3.63) is 11.7 Å². The maximum absolute atomic E-state index is 5.46. The second-order valence-electron chi connectivity index (χ2n) is 5.38. The molecule has 100 valence electrons. The molecule has 2 saturated heterocycles. The van der Waals surface area contributed by atoms with Crippen molar-refractivity contribution in [2.24, 2.45) is 5.92 Å². The van der Waals surface area contributed by atoms with Gasteiger partial charge in [-0.2, -0.15) is 4.98 Å². The van der Waals surface area contributed by atoms with Gasteiger partial charge in [0.05, 0.1) is 6.61 Å². The van der Waals surface area contributed by atoms with E-state index in [-0.39, 0.29) is 0 Å².